The van der Waals surface area contributed by atoms with Crippen LogP contribution in [0, 0.1) is 5.92 Å². The summed E-state index contributed by atoms with van der Waals surface area (Å²) in [6.45, 7) is 11.8. The van der Waals surface area contributed by atoms with Crippen LogP contribution in [0.15, 0.2) is 12.4 Å². The summed E-state index contributed by atoms with van der Waals surface area (Å²) in [6.07, 6.45) is 4.98. The fourth-order valence-electron chi connectivity index (χ4n) is 1.98. The van der Waals surface area contributed by atoms with Crippen molar-refractivity contribution in [2.75, 3.05) is 11.9 Å². The molecule has 0 radical (unpaired) electrons. The molecule has 0 aliphatic heterocycles. The topological polar surface area (TPSA) is 41.1 Å². The van der Waals surface area contributed by atoms with Gasteiger partial charge in [0.1, 0.15) is 0 Å². The van der Waals surface area contributed by atoms with E-state index in [4.69, 9.17) is 0 Å². The molecule has 0 aliphatic rings. The summed E-state index contributed by atoms with van der Waals surface area (Å²) in [5.41, 5.74) is 1.13. The van der Waals surface area contributed by atoms with Crippen LogP contribution in [0.1, 0.15) is 46.6 Å². The third kappa shape index (κ3) is 5.55. The van der Waals surface area contributed by atoms with Crippen molar-refractivity contribution in [2.24, 2.45) is 5.92 Å². The smallest absolute Gasteiger partial charge is 0.225 e. The van der Waals surface area contributed by atoms with E-state index < -0.39 is 0 Å². The number of rotatable bonds is 7. The fraction of sp³-hybridized carbons (Fsp3) is 0.733. The number of anilines is 1. The first-order valence-electron chi connectivity index (χ1n) is 7.17. The minimum atomic E-state index is 0.458. The molecule has 0 saturated heterocycles. The maximum absolute atomic E-state index is 4.46. The van der Waals surface area contributed by atoms with Crippen molar-refractivity contribution in [2.45, 2.75) is 59.7 Å². The van der Waals surface area contributed by atoms with Crippen LogP contribution in [0.4, 0.5) is 5.95 Å². The highest BCUT2D eigenvalue weighted by molar-refractivity contribution is 5.29. The van der Waals surface area contributed by atoms with Gasteiger partial charge in [0.05, 0.1) is 0 Å². The van der Waals surface area contributed by atoms with Crippen LogP contribution in [-0.2, 0) is 6.54 Å². The summed E-state index contributed by atoms with van der Waals surface area (Å²) < 4.78 is 0. The normalized spacial score (nSPS) is 13.1. The van der Waals surface area contributed by atoms with Crippen LogP contribution in [-0.4, -0.2) is 29.1 Å². The van der Waals surface area contributed by atoms with Crippen molar-refractivity contribution in [3.8, 4) is 0 Å². The fourth-order valence-corrected chi connectivity index (χ4v) is 1.98. The number of hydrogen-bond donors (Lipinski definition) is 1. The molecule has 1 heterocycles. The van der Waals surface area contributed by atoms with E-state index in [2.05, 4.69) is 61.9 Å². The standard InChI is InChI=1S/C15H28N4/c1-11(2)7-13(5)19(6)15-17-9-14(10-18-15)8-16-12(3)4/h9-13,16H,7-8H2,1-6H3. The zero-order valence-corrected chi connectivity index (χ0v) is 13.1. The molecule has 1 unspecified atom stereocenters. The second-order valence-electron chi connectivity index (χ2n) is 6.02. The highest BCUT2D eigenvalue weighted by Gasteiger charge is 2.13. The predicted octanol–water partition coefficient (Wildman–Crippen LogP) is 2.85. The Bertz CT molecular complexity index is 359. The van der Waals surface area contributed by atoms with Crippen LogP contribution < -0.4 is 10.2 Å². The summed E-state index contributed by atoms with van der Waals surface area (Å²) in [5, 5.41) is 3.37. The van der Waals surface area contributed by atoms with Crippen LogP contribution in [0.25, 0.3) is 0 Å². The lowest BCUT2D eigenvalue weighted by Gasteiger charge is -2.26. The monoisotopic (exact) mass is 264 g/mol. The molecule has 19 heavy (non-hydrogen) atoms. The molecule has 1 aromatic rings. The van der Waals surface area contributed by atoms with Gasteiger partial charge >= 0.3 is 0 Å². The molecule has 1 rings (SSSR count). The zero-order valence-electron chi connectivity index (χ0n) is 13.1. The lowest BCUT2D eigenvalue weighted by molar-refractivity contribution is 0.499. The minimum Gasteiger partial charge on any atom is -0.341 e. The number of nitrogens with zero attached hydrogens (tertiary/aromatic N) is 3. The van der Waals surface area contributed by atoms with E-state index in [9.17, 15) is 0 Å². The van der Waals surface area contributed by atoms with Gasteiger partial charge in [-0.1, -0.05) is 27.7 Å². The molecule has 0 amide bonds. The lowest BCUT2D eigenvalue weighted by atomic mass is 10.0. The molecule has 0 fully saturated rings. The SMILES string of the molecule is CC(C)CC(C)N(C)c1ncc(CNC(C)C)cn1. The van der Waals surface area contributed by atoms with Crippen LogP contribution in [0.2, 0.25) is 0 Å². The van der Waals surface area contributed by atoms with Gasteiger partial charge in [-0.15, -0.1) is 0 Å². The van der Waals surface area contributed by atoms with Crippen LogP contribution in [0.3, 0.4) is 0 Å². The molecule has 4 heteroatoms. The van der Waals surface area contributed by atoms with Crippen LogP contribution >= 0.6 is 0 Å². The van der Waals surface area contributed by atoms with Gasteiger partial charge in [0.2, 0.25) is 5.95 Å². The van der Waals surface area contributed by atoms with E-state index in [1.165, 1.54) is 0 Å². The molecular formula is C15H28N4. The van der Waals surface area contributed by atoms with Crippen LogP contribution in [0.5, 0.6) is 0 Å². The van der Waals surface area contributed by atoms with E-state index >= 15 is 0 Å². The third-order valence-corrected chi connectivity index (χ3v) is 3.20. The lowest BCUT2D eigenvalue weighted by Crippen LogP contribution is -2.31. The first kappa shape index (κ1) is 15.9. The second kappa shape index (κ2) is 7.43. The summed E-state index contributed by atoms with van der Waals surface area (Å²) in [6, 6.07) is 0.938. The Morgan fingerprint density at radius 3 is 2.16 bits per heavy atom. The first-order valence-corrected chi connectivity index (χ1v) is 7.17. The summed E-state index contributed by atoms with van der Waals surface area (Å²) in [5.74, 6) is 1.49. The van der Waals surface area contributed by atoms with Gasteiger partial charge in [0.25, 0.3) is 0 Å². The van der Waals surface area contributed by atoms with Gasteiger partial charge in [0, 0.05) is 43.6 Å². The van der Waals surface area contributed by atoms with Crippen molar-refractivity contribution in [3.63, 3.8) is 0 Å². The van der Waals surface area contributed by atoms with Crippen molar-refractivity contribution in [1.29, 1.82) is 0 Å². The first-order chi connectivity index (χ1) is 8.90. The Hall–Kier alpha value is -1.16. The molecule has 1 N–H and O–H groups in total. The summed E-state index contributed by atoms with van der Waals surface area (Å²) in [4.78, 5) is 11.1. The minimum absolute atomic E-state index is 0.458. The molecular weight excluding hydrogens is 236 g/mol. The van der Waals surface area contributed by atoms with Crippen molar-refractivity contribution >= 4 is 5.95 Å². The molecule has 0 spiro atoms. The van der Waals surface area contributed by atoms with E-state index in [0.29, 0.717) is 18.0 Å². The Labute approximate surface area is 117 Å². The average molecular weight is 264 g/mol. The Kier molecular flexibility index (Phi) is 6.22. The second-order valence-corrected chi connectivity index (χ2v) is 6.02. The molecule has 1 atom stereocenters. The largest absolute Gasteiger partial charge is 0.341 e. The molecule has 1 aromatic heterocycles. The summed E-state index contributed by atoms with van der Waals surface area (Å²) >= 11 is 0. The Morgan fingerprint density at radius 1 is 1.11 bits per heavy atom. The molecule has 0 aromatic carbocycles. The average Bonchev–Trinajstić information content (AvgIpc) is 2.35. The number of hydrogen-bond acceptors (Lipinski definition) is 4. The maximum Gasteiger partial charge on any atom is 0.225 e. The van der Waals surface area contributed by atoms with Gasteiger partial charge in [-0.3, -0.25) is 0 Å². The van der Waals surface area contributed by atoms with Gasteiger partial charge < -0.3 is 10.2 Å². The maximum atomic E-state index is 4.46. The van der Waals surface area contributed by atoms with Crippen molar-refractivity contribution in [3.05, 3.63) is 18.0 Å². The van der Waals surface area contributed by atoms with Crippen molar-refractivity contribution < 1.29 is 0 Å². The zero-order chi connectivity index (χ0) is 14.4. The molecule has 0 aliphatic carbocycles. The van der Waals surface area contributed by atoms with E-state index in [1.807, 2.05) is 12.4 Å². The summed E-state index contributed by atoms with van der Waals surface area (Å²) in [7, 11) is 2.06. The Morgan fingerprint density at radius 2 is 1.68 bits per heavy atom. The number of aromatic nitrogens is 2. The molecule has 4 nitrogen and oxygen atoms in total. The molecule has 108 valence electrons. The third-order valence-electron chi connectivity index (χ3n) is 3.20. The van der Waals surface area contributed by atoms with E-state index in [1.54, 1.807) is 0 Å². The predicted molar refractivity (Wildman–Crippen MR) is 81.3 cm³/mol. The van der Waals surface area contributed by atoms with Gasteiger partial charge in [-0.2, -0.15) is 0 Å². The number of nitrogens with one attached hydrogen (secondary N) is 1. The van der Waals surface area contributed by atoms with Gasteiger partial charge in [0.15, 0.2) is 0 Å². The van der Waals surface area contributed by atoms with E-state index in [-0.39, 0.29) is 0 Å². The molecule has 0 saturated carbocycles. The van der Waals surface area contributed by atoms with Gasteiger partial charge in [-0.25, -0.2) is 9.97 Å². The van der Waals surface area contributed by atoms with Crippen molar-refractivity contribution in [1.82, 2.24) is 15.3 Å². The highest BCUT2D eigenvalue weighted by atomic mass is 15.2. The molecule has 0 bridgehead atoms. The highest BCUT2D eigenvalue weighted by Crippen LogP contribution is 2.14. The van der Waals surface area contributed by atoms with E-state index in [0.717, 1.165) is 24.5 Å². The Balaban J connectivity index is 2.59. The quantitative estimate of drug-likeness (QED) is 0.822. The van der Waals surface area contributed by atoms with Gasteiger partial charge in [-0.05, 0) is 19.3 Å².